The molecule has 0 aromatic carbocycles. The molecular weight excluding hydrogens is 200 g/mol. The number of amides is 1. The first-order valence-electron chi connectivity index (χ1n) is 4.67. The molecule has 2 N–H and O–H groups in total. The number of hydrogen-bond acceptors (Lipinski definition) is 4. The first-order valence-corrected chi connectivity index (χ1v) is 5.83. The zero-order chi connectivity index (χ0) is 10.6. The van der Waals surface area contributed by atoms with E-state index in [9.17, 15) is 4.79 Å². The van der Waals surface area contributed by atoms with E-state index in [0.29, 0.717) is 6.61 Å². The van der Waals surface area contributed by atoms with Crippen LogP contribution in [0.3, 0.4) is 0 Å². The van der Waals surface area contributed by atoms with Crippen LogP contribution in [0.5, 0.6) is 0 Å². The summed E-state index contributed by atoms with van der Waals surface area (Å²) in [4.78, 5) is 11.7. The first kappa shape index (κ1) is 11.8. The summed E-state index contributed by atoms with van der Waals surface area (Å²) in [5.74, 6) is 1.79. The van der Waals surface area contributed by atoms with E-state index in [1.54, 1.807) is 18.9 Å². The van der Waals surface area contributed by atoms with Crippen LogP contribution < -0.4 is 10.6 Å². The minimum Gasteiger partial charge on any atom is -0.382 e. The Morgan fingerprint density at radius 1 is 1.71 bits per heavy atom. The Balaban J connectivity index is 2.38. The van der Waals surface area contributed by atoms with Crippen molar-refractivity contribution in [2.75, 3.05) is 25.3 Å². The van der Waals surface area contributed by atoms with Crippen molar-refractivity contribution in [3.8, 4) is 0 Å². The summed E-state index contributed by atoms with van der Waals surface area (Å²) in [6.45, 7) is 4.44. The highest BCUT2D eigenvalue weighted by molar-refractivity contribution is 7.99. The molecule has 82 valence electrons. The van der Waals surface area contributed by atoms with Gasteiger partial charge in [-0.25, -0.2) is 0 Å². The van der Waals surface area contributed by atoms with E-state index in [1.807, 2.05) is 13.8 Å². The molecule has 1 unspecified atom stereocenters. The molecule has 0 aromatic rings. The predicted octanol–water partition coefficient (Wildman–Crippen LogP) is 0.190. The summed E-state index contributed by atoms with van der Waals surface area (Å²) in [6.07, 6.45) is 0. The Morgan fingerprint density at radius 3 is 2.93 bits per heavy atom. The molecule has 1 fully saturated rings. The second-order valence-corrected chi connectivity index (χ2v) is 5.11. The van der Waals surface area contributed by atoms with Crippen LogP contribution in [-0.4, -0.2) is 42.8 Å². The minimum atomic E-state index is -0.291. The van der Waals surface area contributed by atoms with Gasteiger partial charge in [-0.15, -0.1) is 11.8 Å². The number of carbonyl (C=O) groups is 1. The van der Waals surface area contributed by atoms with Crippen LogP contribution in [0, 0.1) is 0 Å². The SMILES string of the molecule is COCC(C)(C)NC(=O)C1CSCN1. The van der Waals surface area contributed by atoms with Crippen molar-refractivity contribution in [1.29, 1.82) is 0 Å². The van der Waals surface area contributed by atoms with Crippen LogP contribution in [0.1, 0.15) is 13.8 Å². The number of rotatable bonds is 4. The number of nitrogens with one attached hydrogen (secondary N) is 2. The minimum absolute atomic E-state index is 0.0452. The average Bonchev–Trinajstić information content (AvgIpc) is 2.53. The third-order valence-electron chi connectivity index (χ3n) is 2.00. The Hall–Kier alpha value is -0.260. The van der Waals surface area contributed by atoms with Crippen molar-refractivity contribution in [3.05, 3.63) is 0 Å². The quantitative estimate of drug-likeness (QED) is 0.707. The molecule has 0 radical (unpaired) electrons. The lowest BCUT2D eigenvalue weighted by molar-refractivity contribution is -0.124. The Kier molecular flexibility index (Phi) is 4.22. The second kappa shape index (κ2) is 5.00. The topological polar surface area (TPSA) is 50.4 Å². The number of hydrogen-bond donors (Lipinski definition) is 2. The third-order valence-corrected chi connectivity index (χ3v) is 2.94. The Labute approximate surface area is 89.2 Å². The molecule has 0 bridgehead atoms. The molecule has 1 heterocycles. The average molecular weight is 218 g/mol. The molecule has 1 atom stereocenters. The lowest BCUT2D eigenvalue weighted by Crippen LogP contribution is -2.53. The smallest absolute Gasteiger partial charge is 0.238 e. The summed E-state index contributed by atoms with van der Waals surface area (Å²) in [7, 11) is 1.64. The molecule has 0 aliphatic carbocycles. The summed E-state index contributed by atoms with van der Waals surface area (Å²) in [5.41, 5.74) is -0.291. The molecule has 0 saturated carbocycles. The number of carbonyl (C=O) groups excluding carboxylic acids is 1. The third kappa shape index (κ3) is 3.48. The molecule has 14 heavy (non-hydrogen) atoms. The zero-order valence-electron chi connectivity index (χ0n) is 8.92. The van der Waals surface area contributed by atoms with Crippen molar-refractivity contribution in [2.45, 2.75) is 25.4 Å². The van der Waals surface area contributed by atoms with Gasteiger partial charge >= 0.3 is 0 Å². The van der Waals surface area contributed by atoms with E-state index < -0.39 is 0 Å². The maximum Gasteiger partial charge on any atom is 0.238 e. The number of ether oxygens (including phenoxy) is 1. The lowest BCUT2D eigenvalue weighted by Gasteiger charge is -2.26. The second-order valence-electron chi connectivity index (χ2n) is 4.08. The molecule has 4 nitrogen and oxygen atoms in total. The molecule has 1 rings (SSSR count). The van der Waals surface area contributed by atoms with E-state index >= 15 is 0 Å². The molecule has 1 saturated heterocycles. The van der Waals surface area contributed by atoms with Crippen LogP contribution in [0.25, 0.3) is 0 Å². The predicted molar refractivity (Wildman–Crippen MR) is 58.3 cm³/mol. The first-order chi connectivity index (χ1) is 6.55. The summed E-state index contributed by atoms with van der Waals surface area (Å²) in [6, 6.07) is -0.0452. The molecule has 1 amide bonds. The fraction of sp³-hybridized carbons (Fsp3) is 0.889. The zero-order valence-corrected chi connectivity index (χ0v) is 9.74. The van der Waals surface area contributed by atoms with Gasteiger partial charge in [0.15, 0.2) is 0 Å². The normalized spacial score (nSPS) is 22.4. The van der Waals surface area contributed by atoms with Crippen LogP contribution >= 0.6 is 11.8 Å². The Morgan fingerprint density at radius 2 is 2.43 bits per heavy atom. The van der Waals surface area contributed by atoms with Gasteiger partial charge < -0.3 is 10.1 Å². The van der Waals surface area contributed by atoms with Gasteiger partial charge in [-0.1, -0.05) is 0 Å². The fourth-order valence-corrected chi connectivity index (χ4v) is 2.32. The highest BCUT2D eigenvalue weighted by atomic mass is 32.2. The molecule has 0 spiro atoms. The van der Waals surface area contributed by atoms with Gasteiger partial charge in [0.1, 0.15) is 0 Å². The molecule has 1 aliphatic rings. The van der Waals surface area contributed by atoms with Crippen LogP contribution in [0.4, 0.5) is 0 Å². The summed E-state index contributed by atoms with van der Waals surface area (Å²) >= 11 is 1.75. The molecular formula is C9H18N2O2S. The molecule has 1 aliphatic heterocycles. The van der Waals surface area contributed by atoms with Crippen molar-refractivity contribution >= 4 is 17.7 Å². The molecule has 5 heteroatoms. The van der Waals surface area contributed by atoms with Gasteiger partial charge in [-0.2, -0.15) is 0 Å². The van der Waals surface area contributed by atoms with E-state index in [4.69, 9.17) is 4.74 Å². The Bertz CT molecular complexity index is 203. The van der Waals surface area contributed by atoms with Gasteiger partial charge in [-0.3, -0.25) is 10.1 Å². The van der Waals surface area contributed by atoms with Crippen LogP contribution in [-0.2, 0) is 9.53 Å². The van der Waals surface area contributed by atoms with Gasteiger partial charge in [0, 0.05) is 18.7 Å². The van der Waals surface area contributed by atoms with Gasteiger partial charge in [0.05, 0.1) is 18.2 Å². The van der Waals surface area contributed by atoms with Crippen molar-refractivity contribution in [1.82, 2.24) is 10.6 Å². The van der Waals surface area contributed by atoms with E-state index in [1.165, 1.54) is 0 Å². The van der Waals surface area contributed by atoms with Crippen molar-refractivity contribution in [2.24, 2.45) is 0 Å². The highest BCUT2D eigenvalue weighted by Gasteiger charge is 2.27. The monoisotopic (exact) mass is 218 g/mol. The van der Waals surface area contributed by atoms with Crippen LogP contribution in [0.2, 0.25) is 0 Å². The number of methoxy groups -OCH3 is 1. The maximum atomic E-state index is 11.7. The van der Waals surface area contributed by atoms with Crippen molar-refractivity contribution < 1.29 is 9.53 Å². The highest BCUT2D eigenvalue weighted by Crippen LogP contribution is 2.11. The molecule has 0 aromatic heterocycles. The van der Waals surface area contributed by atoms with Gasteiger partial charge in [0.25, 0.3) is 0 Å². The largest absolute Gasteiger partial charge is 0.382 e. The van der Waals surface area contributed by atoms with E-state index in [-0.39, 0.29) is 17.5 Å². The maximum absolute atomic E-state index is 11.7. The summed E-state index contributed by atoms with van der Waals surface area (Å²) < 4.78 is 5.03. The fourth-order valence-electron chi connectivity index (χ4n) is 1.38. The van der Waals surface area contributed by atoms with Gasteiger partial charge in [-0.05, 0) is 13.8 Å². The summed E-state index contributed by atoms with van der Waals surface area (Å²) in [5, 5.41) is 6.09. The lowest BCUT2D eigenvalue weighted by atomic mass is 10.1. The van der Waals surface area contributed by atoms with E-state index in [2.05, 4.69) is 10.6 Å². The van der Waals surface area contributed by atoms with Crippen LogP contribution in [0.15, 0.2) is 0 Å². The number of thioether (sulfide) groups is 1. The van der Waals surface area contributed by atoms with Gasteiger partial charge in [0.2, 0.25) is 5.91 Å². The standard InChI is InChI=1S/C9H18N2O2S/c1-9(2,5-13-3)11-8(12)7-4-14-6-10-7/h7,10H,4-6H2,1-3H3,(H,11,12). The van der Waals surface area contributed by atoms with Crippen molar-refractivity contribution in [3.63, 3.8) is 0 Å². The van der Waals surface area contributed by atoms with E-state index in [0.717, 1.165) is 11.6 Å².